The van der Waals surface area contributed by atoms with Crippen molar-refractivity contribution < 1.29 is 18.1 Å². The van der Waals surface area contributed by atoms with Crippen molar-refractivity contribution in [1.29, 1.82) is 0 Å². The topological polar surface area (TPSA) is 84.2 Å². The summed E-state index contributed by atoms with van der Waals surface area (Å²) in [7, 11) is 0. The summed E-state index contributed by atoms with van der Waals surface area (Å²) in [6.45, 7) is 6.40. The summed E-state index contributed by atoms with van der Waals surface area (Å²) in [5.74, 6) is 0.147. The molecule has 0 radical (unpaired) electrons. The lowest BCUT2D eigenvalue weighted by Gasteiger charge is -2.31. The first-order valence-corrected chi connectivity index (χ1v) is 10.1. The highest BCUT2D eigenvalue weighted by molar-refractivity contribution is 5.73. The highest BCUT2D eigenvalue weighted by Gasteiger charge is 2.26. The number of aromatic nitrogens is 3. The number of rotatable bonds is 4. The van der Waals surface area contributed by atoms with Crippen LogP contribution in [0.25, 0.3) is 11.3 Å². The Bertz CT molecular complexity index is 1090. The number of carbonyl (C=O) groups is 1. The van der Waals surface area contributed by atoms with Crippen LogP contribution in [0.5, 0.6) is 0 Å². The number of amides is 1. The number of piperidine rings is 1. The van der Waals surface area contributed by atoms with Crippen LogP contribution in [0.3, 0.4) is 0 Å². The van der Waals surface area contributed by atoms with Crippen molar-refractivity contribution in [2.75, 3.05) is 18.4 Å². The summed E-state index contributed by atoms with van der Waals surface area (Å²) in [5, 5.41) is 6.98. The van der Waals surface area contributed by atoms with E-state index in [-0.39, 0.29) is 17.5 Å². The van der Waals surface area contributed by atoms with Gasteiger partial charge in [-0.3, -0.25) is 4.79 Å². The van der Waals surface area contributed by atoms with E-state index in [9.17, 15) is 13.6 Å². The number of likely N-dealkylation sites (tertiary alicyclic amines) is 1. The zero-order valence-corrected chi connectivity index (χ0v) is 17.6. The number of nitrogens with one attached hydrogen (secondary N) is 1. The van der Waals surface area contributed by atoms with Crippen LogP contribution < -0.4 is 5.32 Å². The van der Waals surface area contributed by atoms with E-state index >= 15 is 0 Å². The standard InChI is InChI=1S/C22H23F2N5O2/c1-12-21(13(2)31-28-12)19-10-20(25-18-8-16(23)7-17(24)9-18)27-22(26-19)15-5-4-6-29(11-15)14(3)30/h7-10,15H,4-6,11H2,1-3H3,(H,25,26,27). The fourth-order valence-corrected chi connectivity index (χ4v) is 3.94. The third kappa shape index (κ3) is 4.55. The van der Waals surface area contributed by atoms with Crippen molar-refractivity contribution in [3.63, 3.8) is 0 Å². The lowest BCUT2D eigenvalue weighted by Crippen LogP contribution is -2.38. The van der Waals surface area contributed by atoms with E-state index in [1.807, 2.05) is 6.92 Å². The van der Waals surface area contributed by atoms with Crippen LogP contribution in [-0.2, 0) is 4.79 Å². The Hall–Kier alpha value is -3.36. The highest BCUT2D eigenvalue weighted by atomic mass is 19.1. The summed E-state index contributed by atoms with van der Waals surface area (Å²) in [4.78, 5) is 23.0. The summed E-state index contributed by atoms with van der Waals surface area (Å²) >= 11 is 0. The number of carbonyl (C=O) groups excluding carboxylic acids is 1. The number of aryl methyl sites for hydroxylation is 2. The van der Waals surface area contributed by atoms with Gasteiger partial charge in [0.05, 0.1) is 17.0 Å². The van der Waals surface area contributed by atoms with Gasteiger partial charge >= 0.3 is 0 Å². The minimum Gasteiger partial charge on any atom is -0.361 e. The number of nitrogens with zero attached hydrogens (tertiary/aromatic N) is 4. The van der Waals surface area contributed by atoms with Crippen molar-refractivity contribution in [3.05, 3.63) is 53.2 Å². The first-order chi connectivity index (χ1) is 14.8. The van der Waals surface area contributed by atoms with E-state index in [2.05, 4.69) is 15.5 Å². The molecule has 1 amide bonds. The molecule has 1 atom stereocenters. The molecular weight excluding hydrogens is 404 g/mol. The molecule has 31 heavy (non-hydrogen) atoms. The van der Waals surface area contributed by atoms with Gasteiger partial charge in [-0.25, -0.2) is 18.7 Å². The maximum Gasteiger partial charge on any atom is 0.219 e. The average Bonchev–Trinajstić information content (AvgIpc) is 3.05. The SMILES string of the molecule is CC(=O)N1CCCC(c2nc(Nc3cc(F)cc(F)c3)cc(-c3c(C)noc3C)n2)C1. The fourth-order valence-electron chi connectivity index (χ4n) is 3.94. The van der Waals surface area contributed by atoms with Gasteiger partial charge < -0.3 is 14.7 Å². The van der Waals surface area contributed by atoms with Gasteiger partial charge in [-0.2, -0.15) is 0 Å². The Morgan fingerprint density at radius 3 is 2.55 bits per heavy atom. The number of anilines is 2. The molecule has 4 rings (SSSR count). The van der Waals surface area contributed by atoms with Gasteiger partial charge in [0.1, 0.15) is 29.0 Å². The molecule has 1 saturated heterocycles. The van der Waals surface area contributed by atoms with E-state index in [0.717, 1.165) is 24.5 Å². The first-order valence-electron chi connectivity index (χ1n) is 10.1. The first kappa shape index (κ1) is 20.9. The Morgan fingerprint density at radius 2 is 1.90 bits per heavy atom. The van der Waals surface area contributed by atoms with Gasteiger partial charge in [0.2, 0.25) is 5.91 Å². The average molecular weight is 427 g/mol. The smallest absolute Gasteiger partial charge is 0.219 e. The lowest BCUT2D eigenvalue weighted by molar-refractivity contribution is -0.130. The van der Waals surface area contributed by atoms with Crippen molar-refractivity contribution in [2.24, 2.45) is 0 Å². The maximum atomic E-state index is 13.7. The zero-order valence-electron chi connectivity index (χ0n) is 17.6. The molecule has 0 aliphatic carbocycles. The molecule has 0 saturated carbocycles. The van der Waals surface area contributed by atoms with Gasteiger partial charge in [0, 0.05) is 43.8 Å². The van der Waals surface area contributed by atoms with Crippen LogP contribution in [0.2, 0.25) is 0 Å². The largest absolute Gasteiger partial charge is 0.361 e. The molecule has 3 heterocycles. The van der Waals surface area contributed by atoms with Crippen molar-refractivity contribution in [2.45, 2.75) is 39.5 Å². The van der Waals surface area contributed by atoms with Crippen LogP contribution in [-0.4, -0.2) is 39.0 Å². The predicted octanol–water partition coefficient (Wildman–Crippen LogP) is 4.50. The van der Waals surface area contributed by atoms with Gasteiger partial charge in [-0.05, 0) is 38.8 Å². The molecule has 0 spiro atoms. The van der Waals surface area contributed by atoms with Crippen LogP contribution in [0.1, 0.15) is 43.0 Å². The molecule has 0 bridgehead atoms. The molecule has 3 aromatic rings. The second kappa shape index (κ2) is 8.41. The number of benzene rings is 1. The van der Waals surface area contributed by atoms with E-state index in [0.29, 0.717) is 41.9 Å². The summed E-state index contributed by atoms with van der Waals surface area (Å²) in [5.41, 5.74) is 2.26. The molecule has 9 heteroatoms. The molecule has 1 aliphatic heterocycles. The maximum absolute atomic E-state index is 13.7. The molecule has 162 valence electrons. The quantitative estimate of drug-likeness (QED) is 0.660. The molecule has 1 aromatic carbocycles. The summed E-state index contributed by atoms with van der Waals surface area (Å²) in [6.07, 6.45) is 1.68. The summed E-state index contributed by atoms with van der Waals surface area (Å²) in [6, 6.07) is 4.89. The van der Waals surface area contributed by atoms with Gasteiger partial charge in [0.25, 0.3) is 0 Å². The molecular formula is C22H23F2N5O2. The van der Waals surface area contributed by atoms with Crippen LogP contribution >= 0.6 is 0 Å². The molecule has 1 N–H and O–H groups in total. The molecule has 1 aliphatic rings. The third-order valence-corrected chi connectivity index (χ3v) is 5.40. The van der Waals surface area contributed by atoms with Gasteiger partial charge in [0.15, 0.2) is 0 Å². The van der Waals surface area contributed by atoms with E-state index in [1.165, 1.54) is 12.1 Å². The Balaban J connectivity index is 1.76. The van der Waals surface area contributed by atoms with E-state index in [4.69, 9.17) is 9.51 Å². The fraction of sp³-hybridized carbons (Fsp3) is 0.364. The Kier molecular flexibility index (Phi) is 5.67. The minimum atomic E-state index is -0.688. The molecule has 1 fully saturated rings. The van der Waals surface area contributed by atoms with Gasteiger partial charge in [-0.15, -0.1) is 0 Å². The normalized spacial score (nSPS) is 16.4. The van der Waals surface area contributed by atoms with Crippen LogP contribution in [0.15, 0.2) is 28.8 Å². The lowest BCUT2D eigenvalue weighted by atomic mass is 9.96. The monoisotopic (exact) mass is 427 g/mol. The molecule has 7 nitrogen and oxygen atoms in total. The second-order valence-corrected chi connectivity index (χ2v) is 7.78. The number of hydrogen-bond acceptors (Lipinski definition) is 6. The van der Waals surface area contributed by atoms with Crippen LogP contribution in [0, 0.1) is 25.5 Å². The van der Waals surface area contributed by atoms with Crippen molar-refractivity contribution >= 4 is 17.4 Å². The predicted molar refractivity (Wildman–Crippen MR) is 111 cm³/mol. The Labute approximate surface area is 178 Å². The van der Waals surface area contributed by atoms with E-state index < -0.39 is 11.6 Å². The molecule has 1 unspecified atom stereocenters. The van der Waals surface area contributed by atoms with Crippen molar-refractivity contribution in [3.8, 4) is 11.3 Å². The number of halogens is 2. The Morgan fingerprint density at radius 1 is 1.16 bits per heavy atom. The van der Waals surface area contributed by atoms with Gasteiger partial charge in [-0.1, -0.05) is 5.16 Å². The van der Waals surface area contributed by atoms with Crippen molar-refractivity contribution in [1.82, 2.24) is 20.0 Å². The summed E-state index contributed by atoms with van der Waals surface area (Å²) < 4.78 is 32.6. The minimum absolute atomic E-state index is 0.0140. The second-order valence-electron chi connectivity index (χ2n) is 7.78. The highest BCUT2D eigenvalue weighted by Crippen LogP contribution is 2.32. The third-order valence-electron chi connectivity index (χ3n) is 5.40. The van der Waals surface area contributed by atoms with Crippen LogP contribution in [0.4, 0.5) is 20.3 Å². The molecule has 2 aromatic heterocycles. The zero-order chi connectivity index (χ0) is 22.1. The van der Waals surface area contributed by atoms with E-state index in [1.54, 1.807) is 24.8 Å². The number of hydrogen-bond donors (Lipinski definition) is 1.